The Morgan fingerprint density at radius 2 is 2.22 bits per heavy atom. The van der Waals surface area contributed by atoms with Gasteiger partial charge in [-0.15, -0.1) is 0 Å². The molecule has 1 unspecified atom stereocenters. The molecule has 1 aliphatic rings. The molecule has 1 saturated heterocycles. The first-order valence-electron chi connectivity index (χ1n) is 7.09. The molecule has 2 heterocycles. The van der Waals surface area contributed by atoms with Crippen LogP contribution in [0.4, 0.5) is 0 Å². The zero-order valence-corrected chi connectivity index (χ0v) is 13.3. The lowest BCUT2D eigenvalue weighted by molar-refractivity contribution is -0.146. The number of hydrogen-bond donors (Lipinski definition) is 1. The highest BCUT2D eigenvalue weighted by atomic mass is 32.2. The van der Waals surface area contributed by atoms with Crippen LogP contribution in [0.2, 0.25) is 0 Å². The van der Waals surface area contributed by atoms with Gasteiger partial charge in [-0.05, 0) is 30.7 Å². The first-order valence-corrected chi connectivity index (χ1v) is 8.53. The predicted octanol–water partition coefficient (Wildman–Crippen LogP) is 1.02. The Balaban J connectivity index is 2.18. The van der Waals surface area contributed by atoms with Gasteiger partial charge in [-0.25, -0.2) is 8.42 Å². The van der Waals surface area contributed by atoms with Gasteiger partial charge in [0, 0.05) is 18.1 Å². The highest BCUT2D eigenvalue weighted by molar-refractivity contribution is 7.89. The van der Waals surface area contributed by atoms with Gasteiger partial charge in [0.15, 0.2) is 0 Å². The van der Waals surface area contributed by atoms with Crippen LogP contribution in [0.25, 0.3) is 10.9 Å². The lowest BCUT2D eigenvalue weighted by Gasteiger charge is -2.32. The normalized spacial score (nSPS) is 19.8. The summed E-state index contributed by atoms with van der Waals surface area (Å²) in [6, 6.07) is 5.65. The zero-order valence-electron chi connectivity index (χ0n) is 12.5. The number of hydrogen-bond acceptors (Lipinski definition) is 5. The van der Waals surface area contributed by atoms with E-state index in [1.54, 1.807) is 19.1 Å². The number of sulfonamides is 1. The Bertz CT molecular complexity index is 865. The van der Waals surface area contributed by atoms with Gasteiger partial charge in [-0.1, -0.05) is 6.07 Å². The summed E-state index contributed by atoms with van der Waals surface area (Å²) in [5, 5.41) is 9.99. The Morgan fingerprint density at radius 1 is 1.43 bits per heavy atom. The number of carboxylic acid groups (broad SMARTS) is 1. The molecule has 7 nitrogen and oxygen atoms in total. The summed E-state index contributed by atoms with van der Waals surface area (Å²) in [5.41, 5.74) is 1.11. The van der Waals surface area contributed by atoms with Crippen molar-refractivity contribution in [2.75, 3.05) is 19.8 Å². The van der Waals surface area contributed by atoms with Crippen molar-refractivity contribution in [1.29, 1.82) is 0 Å². The van der Waals surface area contributed by atoms with Crippen LogP contribution in [-0.2, 0) is 19.6 Å². The summed E-state index contributed by atoms with van der Waals surface area (Å²) < 4.78 is 32.2. The van der Waals surface area contributed by atoms with Gasteiger partial charge < -0.3 is 9.84 Å². The molecule has 8 heteroatoms. The van der Waals surface area contributed by atoms with Crippen molar-refractivity contribution >= 4 is 26.9 Å². The van der Waals surface area contributed by atoms with Crippen molar-refractivity contribution in [2.24, 2.45) is 0 Å². The third-order valence-electron chi connectivity index (χ3n) is 3.77. The second kappa shape index (κ2) is 5.88. The van der Waals surface area contributed by atoms with Crippen molar-refractivity contribution in [1.82, 2.24) is 9.29 Å². The number of benzene rings is 1. The van der Waals surface area contributed by atoms with Gasteiger partial charge in [-0.3, -0.25) is 9.78 Å². The Kier molecular flexibility index (Phi) is 4.05. The third kappa shape index (κ3) is 2.80. The Morgan fingerprint density at radius 3 is 2.96 bits per heavy atom. The van der Waals surface area contributed by atoms with E-state index in [0.717, 1.165) is 9.87 Å². The van der Waals surface area contributed by atoms with Crippen molar-refractivity contribution in [3.05, 3.63) is 36.0 Å². The van der Waals surface area contributed by atoms with Crippen LogP contribution in [0.15, 0.2) is 35.4 Å². The zero-order chi connectivity index (χ0) is 16.6. The van der Waals surface area contributed by atoms with E-state index >= 15 is 0 Å². The molecule has 2 aromatic rings. The molecule has 1 fully saturated rings. The third-order valence-corrected chi connectivity index (χ3v) is 5.69. The second-order valence-corrected chi connectivity index (χ2v) is 7.24. The SMILES string of the molecule is Cc1cc(S(=O)(=O)N2CCOCC2C(=O)O)c2ncccc2c1. The van der Waals surface area contributed by atoms with E-state index in [2.05, 4.69) is 4.98 Å². The predicted molar refractivity (Wildman–Crippen MR) is 82.6 cm³/mol. The van der Waals surface area contributed by atoms with Crippen LogP contribution in [-0.4, -0.2) is 54.6 Å². The fraction of sp³-hybridized carbons (Fsp3) is 0.333. The molecule has 0 amide bonds. The molecule has 0 saturated carbocycles. The quantitative estimate of drug-likeness (QED) is 0.899. The van der Waals surface area contributed by atoms with E-state index in [-0.39, 0.29) is 24.7 Å². The average Bonchev–Trinajstić information content (AvgIpc) is 2.54. The standard InChI is InChI=1S/C15H16N2O5S/c1-10-7-11-3-2-4-16-14(11)13(8-10)23(20,21)17-5-6-22-9-12(17)15(18)19/h2-4,7-8,12H,5-6,9H2,1H3,(H,18,19). The van der Waals surface area contributed by atoms with Gasteiger partial charge >= 0.3 is 5.97 Å². The minimum Gasteiger partial charge on any atom is -0.480 e. The molecule has 1 N–H and O–H groups in total. The molecule has 23 heavy (non-hydrogen) atoms. The molecule has 0 radical (unpaired) electrons. The fourth-order valence-corrected chi connectivity index (χ4v) is 4.50. The maximum atomic E-state index is 13.0. The van der Waals surface area contributed by atoms with Gasteiger partial charge in [0.25, 0.3) is 0 Å². The molecule has 0 aliphatic carbocycles. The lowest BCUT2D eigenvalue weighted by Crippen LogP contribution is -2.52. The van der Waals surface area contributed by atoms with E-state index in [0.29, 0.717) is 10.9 Å². The van der Waals surface area contributed by atoms with Crippen molar-refractivity contribution in [2.45, 2.75) is 17.9 Å². The first-order chi connectivity index (χ1) is 10.9. The molecule has 1 aromatic carbocycles. The summed E-state index contributed by atoms with van der Waals surface area (Å²) in [5.74, 6) is -1.22. The number of nitrogens with zero attached hydrogens (tertiary/aromatic N) is 2. The van der Waals surface area contributed by atoms with Gasteiger partial charge in [0.2, 0.25) is 10.0 Å². The van der Waals surface area contributed by atoms with Gasteiger partial charge in [0.1, 0.15) is 10.9 Å². The van der Waals surface area contributed by atoms with E-state index in [1.165, 1.54) is 12.3 Å². The van der Waals surface area contributed by atoms with E-state index in [4.69, 9.17) is 4.74 Å². The van der Waals surface area contributed by atoms with Crippen LogP contribution in [0.3, 0.4) is 0 Å². The molecular formula is C15H16N2O5S. The van der Waals surface area contributed by atoms with Crippen molar-refractivity contribution in [3.8, 4) is 0 Å². The summed E-state index contributed by atoms with van der Waals surface area (Å²) in [6.07, 6.45) is 1.52. The Labute approximate surface area is 133 Å². The summed E-state index contributed by atoms with van der Waals surface area (Å²) in [4.78, 5) is 15.6. The number of carbonyl (C=O) groups is 1. The first kappa shape index (κ1) is 15.9. The van der Waals surface area contributed by atoms with E-state index < -0.39 is 22.0 Å². The maximum absolute atomic E-state index is 13.0. The molecule has 0 bridgehead atoms. The Hall–Kier alpha value is -2.03. The van der Waals surface area contributed by atoms with Crippen LogP contribution < -0.4 is 0 Å². The molecule has 122 valence electrons. The number of pyridine rings is 1. The largest absolute Gasteiger partial charge is 0.480 e. The minimum absolute atomic E-state index is 0.00156. The molecule has 3 rings (SSSR count). The highest BCUT2D eigenvalue weighted by Crippen LogP contribution is 2.28. The van der Waals surface area contributed by atoms with Gasteiger partial charge in [0.05, 0.1) is 18.7 Å². The van der Waals surface area contributed by atoms with Crippen molar-refractivity contribution in [3.63, 3.8) is 0 Å². The number of aryl methyl sites for hydroxylation is 1. The molecule has 1 atom stereocenters. The van der Waals surface area contributed by atoms with E-state index in [9.17, 15) is 18.3 Å². The summed E-state index contributed by atoms with van der Waals surface area (Å²) in [6.45, 7) is 1.80. The monoisotopic (exact) mass is 336 g/mol. The van der Waals surface area contributed by atoms with Crippen molar-refractivity contribution < 1.29 is 23.1 Å². The van der Waals surface area contributed by atoms with E-state index in [1.807, 2.05) is 6.07 Å². The molecular weight excluding hydrogens is 320 g/mol. The van der Waals surface area contributed by atoms with Crippen LogP contribution in [0.5, 0.6) is 0 Å². The number of aliphatic carboxylic acids is 1. The summed E-state index contributed by atoms with van der Waals surface area (Å²) in [7, 11) is -4.00. The summed E-state index contributed by atoms with van der Waals surface area (Å²) >= 11 is 0. The number of aromatic nitrogens is 1. The van der Waals surface area contributed by atoms with Crippen LogP contribution >= 0.6 is 0 Å². The average molecular weight is 336 g/mol. The highest BCUT2D eigenvalue weighted by Gasteiger charge is 2.39. The van der Waals surface area contributed by atoms with Crippen LogP contribution in [0, 0.1) is 6.92 Å². The van der Waals surface area contributed by atoms with Gasteiger partial charge in [-0.2, -0.15) is 4.31 Å². The smallest absolute Gasteiger partial charge is 0.324 e. The number of fused-ring (bicyclic) bond motifs is 1. The fourth-order valence-electron chi connectivity index (χ4n) is 2.70. The molecule has 0 spiro atoms. The molecule has 1 aromatic heterocycles. The number of rotatable bonds is 3. The number of ether oxygens (including phenoxy) is 1. The maximum Gasteiger partial charge on any atom is 0.324 e. The number of carboxylic acids is 1. The van der Waals surface area contributed by atoms with Crippen LogP contribution in [0.1, 0.15) is 5.56 Å². The molecule has 1 aliphatic heterocycles. The second-order valence-electron chi connectivity index (χ2n) is 5.38. The topological polar surface area (TPSA) is 96.8 Å². The minimum atomic E-state index is -4.00. The number of morpholine rings is 1. The lowest BCUT2D eigenvalue weighted by atomic mass is 10.1.